The second-order valence-corrected chi connectivity index (χ2v) is 16.0. The molecule has 0 spiro atoms. The molecule has 10 aromatic rings. The molecule has 0 heterocycles. The molecule has 0 nitrogen and oxygen atoms in total. The van der Waals surface area contributed by atoms with E-state index in [9.17, 15) is 0 Å². The summed E-state index contributed by atoms with van der Waals surface area (Å²) in [4.78, 5) is 0. The van der Waals surface area contributed by atoms with Gasteiger partial charge in [0.05, 0.1) is 0 Å². The predicted octanol–water partition coefficient (Wildman–Crippen LogP) is 15.8. The van der Waals surface area contributed by atoms with Crippen LogP contribution in [0.15, 0.2) is 206 Å². The predicted molar refractivity (Wildman–Crippen MR) is 244 cm³/mol. The van der Waals surface area contributed by atoms with E-state index in [1.807, 2.05) is 0 Å². The first-order valence-corrected chi connectivity index (χ1v) is 20.0. The Hall–Kier alpha value is -7.02. The number of benzene rings is 10. The van der Waals surface area contributed by atoms with E-state index >= 15 is 0 Å². The fourth-order valence-corrected chi connectivity index (χ4v) is 9.63. The molecule has 0 atom stereocenters. The zero-order valence-electron chi connectivity index (χ0n) is 32.1. The van der Waals surface area contributed by atoms with Gasteiger partial charge in [-0.2, -0.15) is 0 Å². The van der Waals surface area contributed by atoms with Crippen molar-refractivity contribution >= 4 is 32.3 Å². The Labute approximate surface area is 334 Å². The van der Waals surface area contributed by atoms with Crippen LogP contribution >= 0.6 is 0 Å². The Morgan fingerprint density at radius 2 is 0.789 bits per heavy atom. The second-order valence-electron chi connectivity index (χ2n) is 16.0. The molecule has 10 aromatic carbocycles. The fourth-order valence-electron chi connectivity index (χ4n) is 9.63. The molecule has 268 valence electrons. The molecule has 0 fully saturated rings. The summed E-state index contributed by atoms with van der Waals surface area (Å²) >= 11 is 0. The molecule has 0 amide bonds. The van der Waals surface area contributed by atoms with Gasteiger partial charge in [0.15, 0.2) is 0 Å². The van der Waals surface area contributed by atoms with Crippen molar-refractivity contribution in [3.05, 3.63) is 217 Å². The topological polar surface area (TPSA) is 0 Å². The van der Waals surface area contributed by atoms with Gasteiger partial charge in [0.1, 0.15) is 0 Å². The summed E-state index contributed by atoms with van der Waals surface area (Å²) < 4.78 is 0. The number of hydrogen-bond acceptors (Lipinski definition) is 0. The molecule has 0 saturated heterocycles. The van der Waals surface area contributed by atoms with Crippen LogP contribution in [0, 0.1) is 0 Å². The van der Waals surface area contributed by atoms with Crippen molar-refractivity contribution in [2.24, 2.45) is 0 Å². The largest absolute Gasteiger partial charge is 0.0622 e. The van der Waals surface area contributed by atoms with Crippen LogP contribution in [-0.4, -0.2) is 0 Å². The van der Waals surface area contributed by atoms with Crippen LogP contribution in [0.1, 0.15) is 25.0 Å². The molecule has 0 saturated carbocycles. The van der Waals surface area contributed by atoms with Crippen LogP contribution in [0.5, 0.6) is 0 Å². The van der Waals surface area contributed by atoms with Crippen molar-refractivity contribution in [2.45, 2.75) is 19.3 Å². The standard InChI is InChI=1S/C57H40/c1-57(2)53-23-13-12-19-46(53)51-36-44(31-33-54(51)57)55-48-21-10-11-22-49(48)56(50-32-30-43(35-52(50)55)42-29-26-38-16-6-7-17-41(38)34-42)47-20-9-8-18-45(47)40-27-24-39(25-28-40)37-14-4-3-5-15-37/h3-36H,1-2H3. The Morgan fingerprint density at radius 3 is 1.60 bits per heavy atom. The molecule has 0 aromatic heterocycles. The van der Waals surface area contributed by atoms with Crippen molar-refractivity contribution in [2.75, 3.05) is 0 Å². The summed E-state index contributed by atoms with van der Waals surface area (Å²) in [6, 6.07) is 76.6. The minimum Gasteiger partial charge on any atom is -0.0622 e. The van der Waals surface area contributed by atoms with Crippen molar-refractivity contribution in [3.63, 3.8) is 0 Å². The first-order chi connectivity index (χ1) is 28.0. The molecular weight excluding hydrogens is 685 g/mol. The first-order valence-electron chi connectivity index (χ1n) is 20.0. The molecule has 0 bridgehead atoms. The molecule has 0 aliphatic heterocycles. The van der Waals surface area contributed by atoms with Crippen LogP contribution in [0.3, 0.4) is 0 Å². The normalized spacial score (nSPS) is 12.9. The lowest BCUT2D eigenvalue weighted by Crippen LogP contribution is -2.14. The van der Waals surface area contributed by atoms with Gasteiger partial charge >= 0.3 is 0 Å². The van der Waals surface area contributed by atoms with Crippen molar-refractivity contribution in [1.82, 2.24) is 0 Å². The van der Waals surface area contributed by atoms with E-state index in [2.05, 4.69) is 220 Å². The monoisotopic (exact) mass is 724 g/mol. The average Bonchev–Trinajstić information content (AvgIpc) is 3.50. The van der Waals surface area contributed by atoms with Crippen LogP contribution in [0.25, 0.3) is 99.1 Å². The molecular formula is C57H40. The van der Waals surface area contributed by atoms with E-state index in [1.165, 1.54) is 110 Å². The van der Waals surface area contributed by atoms with Gasteiger partial charge in [0.25, 0.3) is 0 Å². The van der Waals surface area contributed by atoms with Gasteiger partial charge in [0, 0.05) is 5.41 Å². The molecule has 11 rings (SSSR count). The summed E-state index contributed by atoms with van der Waals surface area (Å²) in [5.41, 5.74) is 17.8. The molecule has 1 aliphatic rings. The Morgan fingerprint density at radius 1 is 0.263 bits per heavy atom. The highest BCUT2D eigenvalue weighted by atomic mass is 14.4. The Kier molecular flexibility index (Phi) is 7.63. The van der Waals surface area contributed by atoms with Gasteiger partial charge in [-0.1, -0.05) is 202 Å². The van der Waals surface area contributed by atoms with Crippen LogP contribution < -0.4 is 0 Å². The van der Waals surface area contributed by atoms with Crippen molar-refractivity contribution < 1.29 is 0 Å². The third kappa shape index (κ3) is 5.36. The van der Waals surface area contributed by atoms with E-state index in [0.717, 1.165) is 0 Å². The van der Waals surface area contributed by atoms with E-state index in [1.54, 1.807) is 0 Å². The highest BCUT2D eigenvalue weighted by Gasteiger charge is 2.35. The maximum atomic E-state index is 2.47. The fraction of sp³-hybridized carbons (Fsp3) is 0.0526. The van der Waals surface area contributed by atoms with Gasteiger partial charge in [0.2, 0.25) is 0 Å². The molecule has 0 heteroatoms. The summed E-state index contributed by atoms with van der Waals surface area (Å²) in [5.74, 6) is 0. The zero-order valence-corrected chi connectivity index (χ0v) is 32.1. The quantitative estimate of drug-likeness (QED) is 0.155. The molecule has 1 aliphatic carbocycles. The van der Waals surface area contributed by atoms with Crippen molar-refractivity contribution in [3.8, 4) is 66.8 Å². The van der Waals surface area contributed by atoms with Gasteiger partial charge in [-0.05, 0) is 128 Å². The van der Waals surface area contributed by atoms with E-state index < -0.39 is 0 Å². The first kappa shape index (κ1) is 33.3. The third-order valence-electron chi connectivity index (χ3n) is 12.5. The summed E-state index contributed by atoms with van der Waals surface area (Å²) in [5, 5.41) is 7.53. The zero-order chi connectivity index (χ0) is 38.1. The maximum absolute atomic E-state index is 2.47. The lowest BCUT2D eigenvalue weighted by atomic mass is 9.81. The maximum Gasteiger partial charge on any atom is 0.0158 e. The smallest absolute Gasteiger partial charge is 0.0158 e. The second kappa shape index (κ2) is 13.0. The van der Waals surface area contributed by atoms with Crippen molar-refractivity contribution in [1.29, 1.82) is 0 Å². The van der Waals surface area contributed by atoms with Gasteiger partial charge in [-0.25, -0.2) is 0 Å². The molecule has 0 unspecified atom stereocenters. The Balaban J connectivity index is 1.18. The Bertz CT molecular complexity index is 3180. The average molecular weight is 725 g/mol. The van der Waals surface area contributed by atoms with Crippen LogP contribution in [0.2, 0.25) is 0 Å². The number of rotatable bonds is 5. The summed E-state index contributed by atoms with van der Waals surface area (Å²) in [7, 11) is 0. The minimum atomic E-state index is -0.0509. The van der Waals surface area contributed by atoms with E-state index in [4.69, 9.17) is 0 Å². The lowest BCUT2D eigenvalue weighted by molar-refractivity contribution is 0.660. The van der Waals surface area contributed by atoms with Gasteiger partial charge in [-0.3, -0.25) is 0 Å². The molecule has 0 N–H and O–H groups in total. The lowest BCUT2D eigenvalue weighted by Gasteiger charge is -2.22. The van der Waals surface area contributed by atoms with Gasteiger partial charge in [-0.15, -0.1) is 0 Å². The summed E-state index contributed by atoms with van der Waals surface area (Å²) in [6.45, 7) is 4.72. The number of hydrogen-bond donors (Lipinski definition) is 0. The van der Waals surface area contributed by atoms with E-state index in [-0.39, 0.29) is 5.41 Å². The van der Waals surface area contributed by atoms with Crippen LogP contribution in [0.4, 0.5) is 0 Å². The van der Waals surface area contributed by atoms with Crippen LogP contribution in [-0.2, 0) is 5.41 Å². The number of fused-ring (bicyclic) bond motifs is 6. The third-order valence-corrected chi connectivity index (χ3v) is 12.5. The van der Waals surface area contributed by atoms with Gasteiger partial charge < -0.3 is 0 Å². The SMILES string of the molecule is CC1(C)c2ccccc2-c2cc(-c3c4ccccc4c(-c4ccccc4-c4ccc(-c5ccccc5)cc4)c4ccc(-c5ccc6ccccc6c5)cc34)ccc21. The minimum absolute atomic E-state index is 0.0509. The highest BCUT2D eigenvalue weighted by Crippen LogP contribution is 2.52. The summed E-state index contributed by atoms with van der Waals surface area (Å²) in [6.07, 6.45) is 0. The molecule has 57 heavy (non-hydrogen) atoms. The highest BCUT2D eigenvalue weighted by molar-refractivity contribution is 6.23. The molecule has 0 radical (unpaired) electrons. The van der Waals surface area contributed by atoms with E-state index in [0.29, 0.717) is 0 Å².